The van der Waals surface area contributed by atoms with E-state index in [0.717, 1.165) is 12.4 Å². The molecular formula is C20H17F11N2O5. The van der Waals surface area contributed by atoms with Crippen molar-refractivity contribution in [1.29, 1.82) is 0 Å². The molecule has 18 heteroatoms. The number of ether oxygens (including phenoxy) is 4. The average Bonchev–Trinajstić information content (AvgIpc) is 2.78. The molecule has 0 saturated heterocycles. The number of benzene rings is 1. The predicted molar refractivity (Wildman–Crippen MR) is 103 cm³/mol. The first-order valence-corrected chi connectivity index (χ1v) is 10.1. The summed E-state index contributed by atoms with van der Waals surface area (Å²) in [6.07, 6.45) is -31.4. The molecule has 1 aromatic heterocycles. The molecule has 0 aliphatic rings. The molecular weight excluding hydrogens is 557 g/mol. The highest BCUT2D eigenvalue weighted by Gasteiger charge is 2.72. The van der Waals surface area contributed by atoms with Gasteiger partial charge in [-0.3, -0.25) is 0 Å². The number of hydrogen-bond acceptors (Lipinski definition) is 7. The third kappa shape index (κ3) is 8.26. The molecule has 0 spiro atoms. The second-order valence-corrected chi connectivity index (χ2v) is 7.33. The van der Waals surface area contributed by atoms with E-state index >= 15 is 0 Å². The van der Waals surface area contributed by atoms with E-state index in [1.165, 1.54) is 31.2 Å². The van der Waals surface area contributed by atoms with Gasteiger partial charge in [0.05, 0.1) is 18.5 Å². The molecule has 38 heavy (non-hydrogen) atoms. The zero-order valence-electron chi connectivity index (χ0n) is 18.8. The molecule has 0 amide bonds. The molecule has 1 aromatic carbocycles. The Hall–Kier alpha value is -2.99. The van der Waals surface area contributed by atoms with Gasteiger partial charge in [-0.15, -0.1) is 0 Å². The monoisotopic (exact) mass is 574 g/mol. The lowest BCUT2D eigenvalue weighted by atomic mass is 10.2. The third-order valence-electron chi connectivity index (χ3n) is 4.33. The standard InChI is InChI=1S/C20H17F11N2O5/c1-2-13(9-35-14-5-3-11(4-6-14)15-32-7-12(34)8-33-15)36-10-16(21,22)37-19(28,29)20(30,31)38-18(26,27)17(23,24)25/h3-8,13,34H,2,9-10H2,1H3. The summed E-state index contributed by atoms with van der Waals surface area (Å²) in [6.45, 7) is -1.21. The minimum atomic E-state index is -6.86. The Labute approximate surface area is 206 Å². The first-order chi connectivity index (χ1) is 17.3. The van der Waals surface area contributed by atoms with Crippen molar-refractivity contribution >= 4 is 0 Å². The SMILES string of the molecule is CCC(COc1ccc(-c2ncc(O)cn2)cc1)OCC(F)(F)OC(F)(F)C(F)(F)OC(F)(F)C(F)(F)F. The van der Waals surface area contributed by atoms with Crippen molar-refractivity contribution in [2.24, 2.45) is 0 Å². The molecule has 2 aromatic rings. The van der Waals surface area contributed by atoms with Crippen molar-refractivity contribution in [3.63, 3.8) is 0 Å². The smallest absolute Gasteiger partial charge is 0.483 e. The predicted octanol–water partition coefficient (Wildman–Crippen LogP) is 5.99. The molecule has 7 nitrogen and oxygen atoms in total. The summed E-state index contributed by atoms with van der Waals surface area (Å²) in [6, 6.07) is 5.82. The lowest BCUT2D eigenvalue weighted by molar-refractivity contribution is -0.537. The molecule has 214 valence electrons. The lowest BCUT2D eigenvalue weighted by Gasteiger charge is -2.32. The fraction of sp³-hybridized carbons (Fsp3) is 0.500. The molecule has 1 atom stereocenters. The van der Waals surface area contributed by atoms with Gasteiger partial charge in [-0.25, -0.2) is 19.4 Å². The number of hydrogen-bond donors (Lipinski definition) is 1. The van der Waals surface area contributed by atoms with E-state index in [4.69, 9.17) is 4.74 Å². The van der Waals surface area contributed by atoms with E-state index in [0.29, 0.717) is 5.56 Å². The highest BCUT2D eigenvalue weighted by atomic mass is 19.4. The fourth-order valence-corrected chi connectivity index (χ4v) is 2.41. The van der Waals surface area contributed by atoms with Crippen molar-refractivity contribution in [2.45, 2.75) is 50.1 Å². The Balaban J connectivity index is 1.94. The van der Waals surface area contributed by atoms with Crippen LogP contribution in [0.2, 0.25) is 0 Å². The van der Waals surface area contributed by atoms with Crippen molar-refractivity contribution in [3.05, 3.63) is 36.7 Å². The van der Waals surface area contributed by atoms with Crippen LogP contribution in [0.5, 0.6) is 11.5 Å². The molecule has 0 radical (unpaired) electrons. The van der Waals surface area contributed by atoms with E-state index in [-0.39, 0.29) is 23.7 Å². The number of nitrogens with zero attached hydrogens (tertiary/aromatic N) is 2. The Bertz CT molecular complexity index is 1040. The van der Waals surface area contributed by atoms with Gasteiger partial charge in [-0.1, -0.05) is 6.92 Å². The van der Waals surface area contributed by atoms with Crippen LogP contribution in [-0.2, 0) is 14.2 Å². The van der Waals surface area contributed by atoms with Crippen LogP contribution in [0.3, 0.4) is 0 Å². The molecule has 2 rings (SSSR count). The van der Waals surface area contributed by atoms with Gasteiger partial charge >= 0.3 is 30.6 Å². The fourth-order valence-electron chi connectivity index (χ4n) is 2.41. The Morgan fingerprint density at radius 1 is 0.789 bits per heavy atom. The second kappa shape index (κ2) is 11.4. The maximum Gasteiger partial charge on any atom is 0.483 e. The number of alkyl halides is 11. The Morgan fingerprint density at radius 2 is 1.32 bits per heavy atom. The van der Waals surface area contributed by atoms with Gasteiger partial charge in [0.1, 0.15) is 19.0 Å². The zero-order chi connectivity index (χ0) is 29.0. The lowest BCUT2D eigenvalue weighted by Crippen LogP contribution is -2.55. The van der Waals surface area contributed by atoms with Crippen LogP contribution in [0.1, 0.15) is 13.3 Å². The third-order valence-corrected chi connectivity index (χ3v) is 4.33. The highest BCUT2D eigenvalue weighted by Crippen LogP contribution is 2.47. The summed E-state index contributed by atoms with van der Waals surface area (Å²) in [5, 5.41) is 9.19. The topological polar surface area (TPSA) is 82.9 Å². The second-order valence-electron chi connectivity index (χ2n) is 7.33. The van der Waals surface area contributed by atoms with Crippen LogP contribution >= 0.6 is 0 Å². The Kier molecular flexibility index (Phi) is 9.37. The van der Waals surface area contributed by atoms with E-state index < -0.39 is 49.9 Å². The highest BCUT2D eigenvalue weighted by molar-refractivity contribution is 5.56. The maximum absolute atomic E-state index is 13.7. The van der Waals surface area contributed by atoms with E-state index in [1.54, 1.807) is 4.74 Å². The molecule has 0 aliphatic carbocycles. The van der Waals surface area contributed by atoms with Crippen molar-refractivity contribution < 1.29 is 72.3 Å². The summed E-state index contributed by atoms with van der Waals surface area (Å²) in [7, 11) is 0. The molecule has 1 unspecified atom stereocenters. The molecule has 0 bridgehead atoms. The largest absolute Gasteiger partial charge is 0.505 e. The van der Waals surface area contributed by atoms with Gasteiger partial charge in [-0.2, -0.15) is 48.3 Å². The minimum absolute atomic E-state index is 0.0804. The van der Waals surface area contributed by atoms with E-state index in [2.05, 4.69) is 19.4 Å². The molecule has 1 N–H and O–H groups in total. The zero-order valence-corrected chi connectivity index (χ0v) is 18.8. The maximum atomic E-state index is 13.7. The molecule has 1 heterocycles. The van der Waals surface area contributed by atoms with Crippen molar-refractivity contribution in [1.82, 2.24) is 9.97 Å². The average molecular weight is 574 g/mol. The first kappa shape index (κ1) is 31.2. The number of aromatic hydroxyl groups is 1. The summed E-state index contributed by atoms with van der Waals surface area (Å²) < 4.78 is 156. The summed E-state index contributed by atoms with van der Waals surface area (Å²) in [5.74, 6) is 0.261. The van der Waals surface area contributed by atoms with Gasteiger partial charge < -0.3 is 14.6 Å². The van der Waals surface area contributed by atoms with Gasteiger partial charge in [0, 0.05) is 5.56 Å². The van der Waals surface area contributed by atoms with Crippen LogP contribution in [0, 0.1) is 0 Å². The van der Waals surface area contributed by atoms with Gasteiger partial charge in [0.25, 0.3) is 0 Å². The van der Waals surface area contributed by atoms with Crippen LogP contribution in [0.4, 0.5) is 48.3 Å². The van der Waals surface area contributed by atoms with Crippen LogP contribution in [-0.4, -0.2) is 65.0 Å². The molecule has 0 saturated carbocycles. The minimum Gasteiger partial charge on any atom is -0.505 e. The van der Waals surface area contributed by atoms with Crippen LogP contribution < -0.4 is 4.74 Å². The molecule has 0 aliphatic heterocycles. The Morgan fingerprint density at radius 3 is 1.82 bits per heavy atom. The van der Waals surface area contributed by atoms with Gasteiger partial charge in [-0.05, 0) is 30.7 Å². The first-order valence-electron chi connectivity index (χ1n) is 10.1. The number of halogens is 11. The quantitative estimate of drug-likeness (QED) is 0.295. The summed E-state index contributed by atoms with van der Waals surface area (Å²) >= 11 is 0. The normalized spacial score (nSPS) is 14.4. The summed E-state index contributed by atoms with van der Waals surface area (Å²) in [4.78, 5) is 7.76. The summed E-state index contributed by atoms with van der Waals surface area (Å²) in [5.41, 5.74) is 0.507. The number of aromatic nitrogens is 2. The van der Waals surface area contributed by atoms with Crippen LogP contribution in [0.15, 0.2) is 36.7 Å². The van der Waals surface area contributed by atoms with Crippen molar-refractivity contribution in [2.75, 3.05) is 13.2 Å². The van der Waals surface area contributed by atoms with Gasteiger partial charge in [0.2, 0.25) is 0 Å². The number of rotatable bonds is 13. The van der Waals surface area contributed by atoms with Crippen LogP contribution in [0.25, 0.3) is 11.4 Å². The van der Waals surface area contributed by atoms with Gasteiger partial charge in [0.15, 0.2) is 11.6 Å². The molecule has 0 fully saturated rings. The van der Waals surface area contributed by atoms with Crippen molar-refractivity contribution in [3.8, 4) is 22.9 Å². The van der Waals surface area contributed by atoms with E-state index in [1.807, 2.05) is 0 Å². The van der Waals surface area contributed by atoms with E-state index in [9.17, 15) is 53.4 Å².